The summed E-state index contributed by atoms with van der Waals surface area (Å²) in [6.45, 7) is 4.64. The van der Waals surface area contributed by atoms with Gasteiger partial charge in [0.05, 0.1) is 0 Å². The molecule has 0 amide bonds. The number of nitrogens with zero attached hydrogens (tertiary/aromatic N) is 1. The molecule has 3 rings (SSSR count). The SMILES string of the molecule is CCCN1CCC[C@@H]2Cc3c(ccc(O)c3O)CC21. The summed E-state index contributed by atoms with van der Waals surface area (Å²) in [4.78, 5) is 2.63. The van der Waals surface area contributed by atoms with Crippen LogP contribution in [-0.4, -0.2) is 34.2 Å². The van der Waals surface area contributed by atoms with Gasteiger partial charge in [0.15, 0.2) is 11.5 Å². The molecule has 0 saturated carbocycles. The first-order chi connectivity index (χ1) is 9.20. The zero-order chi connectivity index (χ0) is 13.4. The van der Waals surface area contributed by atoms with E-state index in [-0.39, 0.29) is 11.5 Å². The normalized spacial score (nSPS) is 26.8. The van der Waals surface area contributed by atoms with Gasteiger partial charge in [-0.15, -0.1) is 0 Å². The van der Waals surface area contributed by atoms with Gasteiger partial charge in [-0.25, -0.2) is 0 Å². The first-order valence-electron chi connectivity index (χ1n) is 7.47. The summed E-state index contributed by atoms with van der Waals surface area (Å²) in [5.74, 6) is 0.780. The molecular formula is C16H23NO2. The fourth-order valence-corrected chi connectivity index (χ4v) is 3.88. The Morgan fingerprint density at radius 1 is 1.26 bits per heavy atom. The molecule has 2 N–H and O–H groups in total. The van der Waals surface area contributed by atoms with Crippen LogP contribution >= 0.6 is 0 Å². The molecule has 1 aromatic rings. The monoisotopic (exact) mass is 261 g/mol. The van der Waals surface area contributed by atoms with Gasteiger partial charge in [-0.2, -0.15) is 0 Å². The van der Waals surface area contributed by atoms with Crippen molar-refractivity contribution in [2.24, 2.45) is 5.92 Å². The molecule has 3 heteroatoms. The van der Waals surface area contributed by atoms with Crippen LogP contribution in [0.2, 0.25) is 0 Å². The maximum absolute atomic E-state index is 10.0. The van der Waals surface area contributed by atoms with E-state index in [1.807, 2.05) is 6.07 Å². The molecule has 104 valence electrons. The zero-order valence-corrected chi connectivity index (χ0v) is 11.6. The van der Waals surface area contributed by atoms with E-state index in [0.717, 1.165) is 18.4 Å². The molecule has 1 aromatic carbocycles. The predicted octanol–water partition coefficient (Wildman–Crippen LogP) is 2.69. The molecule has 0 bridgehead atoms. The molecule has 1 unspecified atom stereocenters. The lowest BCUT2D eigenvalue weighted by molar-refractivity contribution is 0.0848. The van der Waals surface area contributed by atoms with Gasteiger partial charge in [-0.05, 0) is 62.7 Å². The number of fused-ring (bicyclic) bond motifs is 2. The van der Waals surface area contributed by atoms with E-state index in [9.17, 15) is 10.2 Å². The lowest BCUT2D eigenvalue weighted by Gasteiger charge is -2.44. The number of piperidine rings is 1. The predicted molar refractivity (Wildman–Crippen MR) is 75.6 cm³/mol. The topological polar surface area (TPSA) is 43.7 Å². The highest BCUT2D eigenvalue weighted by Gasteiger charge is 2.36. The van der Waals surface area contributed by atoms with Crippen LogP contribution in [-0.2, 0) is 12.8 Å². The first-order valence-corrected chi connectivity index (χ1v) is 7.47. The molecule has 19 heavy (non-hydrogen) atoms. The van der Waals surface area contributed by atoms with E-state index >= 15 is 0 Å². The minimum absolute atomic E-state index is 0.0263. The van der Waals surface area contributed by atoms with Crippen molar-refractivity contribution in [1.29, 1.82) is 0 Å². The second-order valence-corrected chi connectivity index (χ2v) is 5.98. The molecule has 1 aliphatic carbocycles. The van der Waals surface area contributed by atoms with E-state index in [2.05, 4.69) is 11.8 Å². The minimum Gasteiger partial charge on any atom is -0.504 e. The molecule has 3 nitrogen and oxygen atoms in total. The minimum atomic E-state index is 0.0263. The van der Waals surface area contributed by atoms with Crippen LogP contribution in [0.1, 0.15) is 37.3 Å². The third kappa shape index (κ3) is 2.20. The maximum atomic E-state index is 10.0. The number of aromatic hydroxyl groups is 2. The van der Waals surface area contributed by atoms with Crippen LogP contribution in [0.25, 0.3) is 0 Å². The summed E-state index contributed by atoms with van der Waals surface area (Å²) in [6.07, 6.45) is 5.65. The summed E-state index contributed by atoms with van der Waals surface area (Å²) < 4.78 is 0. The van der Waals surface area contributed by atoms with Crippen LogP contribution in [0.4, 0.5) is 0 Å². The average Bonchev–Trinajstić information content (AvgIpc) is 2.42. The number of hydrogen-bond donors (Lipinski definition) is 2. The summed E-state index contributed by atoms with van der Waals surface area (Å²) in [5.41, 5.74) is 2.21. The highest BCUT2D eigenvalue weighted by Crippen LogP contribution is 2.41. The highest BCUT2D eigenvalue weighted by atomic mass is 16.3. The first kappa shape index (κ1) is 12.8. The van der Waals surface area contributed by atoms with Crippen LogP contribution < -0.4 is 0 Å². The van der Waals surface area contributed by atoms with E-state index < -0.39 is 0 Å². The van der Waals surface area contributed by atoms with Crippen molar-refractivity contribution in [3.05, 3.63) is 23.3 Å². The standard InChI is InChI=1S/C16H23NO2/c1-2-7-17-8-3-4-12-9-13-11(10-14(12)17)5-6-15(18)16(13)19/h5-6,12,14,18-19H,2-4,7-10H2,1H3/t12-,14?/m1/s1. The van der Waals surface area contributed by atoms with Gasteiger partial charge < -0.3 is 10.2 Å². The summed E-state index contributed by atoms with van der Waals surface area (Å²) in [7, 11) is 0. The number of likely N-dealkylation sites (tertiary alicyclic amines) is 1. The maximum Gasteiger partial charge on any atom is 0.160 e. The Balaban J connectivity index is 1.90. The summed E-state index contributed by atoms with van der Waals surface area (Å²) in [6, 6.07) is 4.24. The van der Waals surface area contributed by atoms with Gasteiger partial charge in [0.1, 0.15) is 0 Å². The second-order valence-electron chi connectivity index (χ2n) is 5.98. The van der Waals surface area contributed by atoms with Crippen LogP contribution in [0.3, 0.4) is 0 Å². The number of phenolic OH excluding ortho intramolecular Hbond substituents is 2. The van der Waals surface area contributed by atoms with Gasteiger partial charge in [-0.3, -0.25) is 4.90 Å². The van der Waals surface area contributed by atoms with Gasteiger partial charge in [-0.1, -0.05) is 13.0 Å². The molecule has 1 fully saturated rings. The van der Waals surface area contributed by atoms with Crippen molar-refractivity contribution in [3.8, 4) is 11.5 Å². The average molecular weight is 261 g/mol. The van der Waals surface area contributed by atoms with Crippen molar-refractivity contribution in [3.63, 3.8) is 0 Å². The Hall–Kier alpha value is -1.22. The molecule has 1 saturated heterocycles. The summed E-state index contributed by atoms with van der Waals surface area (Å²) in [5, 5.41) is 19.7. The van der Waals surface area contributed by atoms with E-state index in [0.29, 0.717) is 12.0 Å². The fraction of sp³-hybridized carbons (Fsp3) is 0.625. The molecule has 2 aliphatic rings. The largest absolute Gasteiger partial charge is 0.504 e. The molecule has 0 spiro atoms. The van der Waals surface area contributed by atoms with Gasteiger partial charge >= 0.3 is 0 Å². The quantitative estimate of drug-likeness (QED) is 0.804. The fourth-order valence-electron chi connectivity index (χ4n) is 3.88. The lowest BCUT2D eigenvalue weighted by Crippen LogP contribution is -2.49. The number of rotatable bonds is 2. The van der Waals surface area contributed by atoms with Crippen LogP contribution in [0, 0.1) is 5.92 Å². The Bertz CT molecular complexity index is 470. The molecule has 1 heterocycles. The number of hydrogen-bond acceptors (Lipinski definition) is 3. The molecule has 0 radical (unpaired) electrons. The molecule has 0 aromatic heterocycles. The van der Waals surface area contributed by atoms with Crippen molar-refractivity contribution >= 4 is 0 Å². The third-order valence-corrected chi connectivity index (χ3v) is 4.80. The van der Waals surface area contributed by atoms with Crippen molar-refractivity contribution in [2.75, 3.05) is 13.1 Å². The second kappa shape index (κ2) is 5.04. The van der Waals surface area contributed by atoms with Crippen molar-refractivity contribution in [1.82, 2.24) is 4.90 Å². The van der Waals surface area contributed by atoms with Gasteiger partial charge in [0.25, 0.3) is 0 Å². The lowest BCUT2D eigenvalue weighted by atomic mass is 9.75. The van der Waals surface area contributed by atoms with E-state index in [4.69, 9.17) is 0 Å². The Labute approximate surface area is 114 Å². The van der Waals surface area contributed by atoms with E-state index in [1.165, 1.54) is 37.9 Å². The smallest absolute Gasteiger partial charge is 0.160 e. The summed E-state index contributed by atoms with van der Waals surface area (Å²) >= 11 is 0. The Morgan fingerprint density at radius 2 is 2.11 bits per heavy atom. The van der Waals surface area contributed by atoms with Gasteiger partial charge in [0.2, 0.25) is 0 Å². The number of phenols is 2. The van der Waals surface area contributed by atoms with Crippen molar-refractivity contribution in [2.45, 2.75) is 45.1 Å². The van der Waals surface area contributed by atoms with E-state index in [1.54, 1.807) is 6.07 Å². The van der Waals surface area contributed by atoms with Gasteiger partial charge in [0, 0.05) is 11.6 Å². The van der Waals surface area contributed by atoms with Crippen LogP contribution in [0.15, 0.2) is 12.1 Å². The highest BCUT2D eigenvalue weighted by molar-refractivity contribution is 5.50. The Morgan fingerprint density at radius 3 is 2.89 bits per heavy atom. The van der Waals surface area contributed by atoms with Crippen LogP contribution in [0.5, 0.6) is 11.5 Å². The zero-order valence-electron chi connectivity index (χ0n) is 11.6. The molecular weight excluding hydrogens is 238 g/mol. The van der Waals surface area contributed by atoms with Crippen molar-refractivity contribution < 1.29 is 10.2 Å². The molecule has 2 atom stereocenters. The number of benzene rings is 1. The Kier molecular flexibility index (Phi) is 3.40. The third-order valence-electron chi connectivity index (χ3n) is 4.80. The molecule has 1 aliphatic heterocycles.